The molecule has 29 nitrogen and oxygen atoms in total. The second kappa shape index (κ2) is 47.9. The summed E-state index contributed by atoms with van der Waals surface area (Å²) in [6.07, 6.45) is 7.52. The summed E-state index contributed by atoms with van der Waals surface area (Å²) in [5.74, 6) is -0.143. The van der Waals surface area contributed by atoms with Gasteiger partial charge in [-0.2, -0.15) is 0 Å². The van der Waals surface area contributed by atoms with Crippen LogP contribution in [0, 0.1) is 0 Å². The van der Waals surface area contributed by atoms with Crippen molar-refractivity contribution in [2.75, 3.05) is 228 Å². The van der Waals surface area contributed by atoms with Gasteiger partial charge in [-0.25, -0.2) is 24.0 Å². The summed E-state index contributed by atoms with van der Waals surface area (Å²) in [7, 11) is 46.9. The third-order valence-corrected chi connectivity index (χ3v) is 19.3. The maximum Gasteiger partial charge on any atom is 0.374 e. The van der Waals surface area contributed by atoms with Crippen molar-refractivity contribution in [2.24, 2.45) is 0 Å². The van der Waals surface area contributed by atoms with Gasteiger partial charge in [0, 0.05) is 259 Å². The van der Waals surface area contributed by atoms with E-state index in [1.54, 1.807) is 90.6 Å². The first-order chi connectivity index (χ1) is 59.3. The number of carbonyl (C=O) groups excluding carboxylic acids is 6. The minimum Gasteiger partial charge on any atom is -0.467 e. The fourth-order valence-electron chi connectivity index (χ4n) is 11.2. The van der Waals surface area contributed by atoms with Gasteiger partial charge in [0.1, 0.15) is 37.9 Å². The van der Waals surface area contributed by atoms with E-state index >= 15 is 0 Å². The third kappa shape index (κ3) is 31.4. The summed E-state index contributed by atoms with van der Waals surface area (Å²) in [6.45, 7) is 1.26. The number of nitrogens with zero attached hydrogens (tertiary/aromatic N) is 12. The zero-order chi connectivity index (χ0) is 91.7. The number of anilines is 12. The van der Waals surface area contributed by atoms with E-state index in [-0.39, 0.29) is 55.1 Å². The van der Waals surface area contributed by atoms with E-state index in [1.807, 2.05) is 336 Å². The van der Waals surface area contributed by atoms with Crippen molar-refractivity contribution in [3.05, 3.63) is 280 Å². The number of hydrogen-bond acceptors (Lipinski definition) is 29. The summed E-state index contributed by atoms with van der Waals surface area (Å²) in [5, 5.41) is 4.84. The van der Waals surface area contributed by atoms with E-state index in [0.29, 0.717) is 41.2 Å². The summed E-state index contributed by atoms with van der Waals surface area (Å²) in [6, 6.07) is 55.8. The SMILES string of the molecule is CN(C)c1cc(C(=O)NCc2ccco2)cc(N(C)C)c1.CN(C)c1cc(C(=O)OCc2ccco2)cc(N(C)C)c1.CN(C)c1cc(C(=O)OCc2cccs2)cc(N(C)C)c1.CN(C)c1cc(C(=O)Oc2ccco2)cc(N(C)C)c1.CN(C)c1cc(COC(=O)c2ccco2)cc(N(C)C)c1.CN(C)c1ccc(COC(=O)c2ccco2)c(N(C)C)c1. The number of nitrogens with one attached hydrogen (secondary N) is 1. The summed E-state index contributed by atoms with van der Waals surface area (Å²) < 4.78 is 51.8. The van der Waals surface area contributed by atoms with E-state index in [4.69, 9.17) is 45.8 Å². The molecule has 0 fully saturated rings. The molecule has 0 saturated carbocycles. The van der Waals surface area contributed by atoms with Crippen molar-refractivity contribution in [3.8, 4) is 5.95 Å². The number of furan rings is 5. The minimum absolute atomic E-state index is 0.113. The first kappa shape index (κ1) is 98.0. The number of carbonyl (C=O) groups is 6. The van der Waals surface area contributed by atoms with Gasteiger partial charge in [0.05, 0.1) is 54.6 Å². The van der Waals surface area contributed by atoms with Crippen LogP contribution in [0.1, 0.15) is 90.1 Å². The Morgan fingerprint density at radius 3 is 1.01 bits per heavy atom. The highest BCUT2D eigenvalue weighted by Gasteiger charge is 2.21. The lowest BCUT2D eigenvalue weighted by Gasteiger charge is -2.21. The van der Waals surface area contributed by atoms with E-state index in [2.05, 4.69) is 17.4 Å². The molecule has 1 amide bonds. The van der Waals surface area contributed by atoms with Crippen molar-refractivity contribution < 1.29 is 74.5 Å². The monoisotopic (exact) mass is 1730 g/mol. The Hall–Kier alpha value is -14.2. The Labute approximate surface area is 738 Å². The zero-order valence-corrected chi connectivity index (χ0v) is 76.9. The molecule has 0 bridgehead atoms. The lowest BCUT2D eigenvalue weighted by atomic mass is 10.1. The highest BCUT2D eigenvalue weighted by molar-refractivity contribution is 7.09. The second-order valence-corrected chi connectivity index (χ2v) is 31.9. The van der Waals surface area contributed by atoms with Gasteiger partial charge < -0.3 is 110 Å². The van der Waals surface area contributed by atoms with Crippen LogP contribution >= 0.6 is 11.3 Å². The lowest BCUT2D eigenvalue weighted by Crippen LogP contribution is -2.23. The predicted octanol–water partition coefficient (Wildman–Crippen LogP) is 16.5. The fourth-order valence-corrected chi connectivity index (χ4v) is 11.8. The van der Waals surface area contributed by atoms with Crippen LogP contribution in [0.25, 0.3) is 0 Å². The van der Waals surface area contributed by atoms with Crippen molar-refractivity contribution in [1.29, 1.82) is 0 Å². The number of amides is 1. The van der Waals surface area contributed by atoms with Crippen LogP contribution in [0.2, 0.25) is 0 Å². The summed E-state index contributed by atoms with van der Waals surface area (Å²) in [5.41, 5.74) is 16.0. The summed E-state index contributed by atoms with van der Waals surface area (Å²) in [4.78, 5) is 97.3. The molecule has 0 radical (unpaired) electrons. The van der Waals surface area contributed by atoms with Gasteiger partial charge >= 0.3 is 29.8 Å². The molecule has 6 aromatic carbocycles. The van der Waals surface area contributed by atoms with Gasteiger partial charge in [-0.1, -0.05) is 12.1 Å². The van der Waals surface area contributed by atoms with Crippen molar-refractivity contribution in [2.45, 2.75) is 33.0 Å². The number of thiophene rings is 1. The molecule has 0 saturated heterocycles. The molecule has 0 aliphatic carbocycles. The van der Waals surface area contributed by atoms with Crippen LogP contribution in [-0.4, -0.2) is 205 Å². The molecule has 0 unspecified atom stereocenters. The first-order valence-electron chi connectivity index (χ1n) is 39.7. The molecule has 0 aliphatic rings. The molecule has 12 rings (SSSR count). The zero-order valence-electron chi connectivity index (χ0n) is 76.1. The number of hydrogen-bond donors (Lipinski definition) is 1. The van der Waals surface area contributed by atoms with Crippen LogP contribution in [-0.2, 0) is 51.9 Å². The smallest absolute Gasteiger partial charge is 0.374 e. The van der Waals surface area contributed by atoms with Crippen molar-refractivity contribution in [1.82, 2.24) is 5.32 Å². The number of esters is 5. The van der Waals surface area contributed by atoms with Crippen LogP contribution in [0.3, 0.4) is 0 Å². The molecule has 30 heteroatoms. The van der Waals surface area contributed by atoms with Gasteiger partial charge in [-0.05, 0) is 175 Å². The van der Waals surface area contributed by atoms with E-state index in [0.717, 1.165) is 90.0 Å². The molecule has 666 valence electrons. The van der Waals surface area contributed by atoms with Crippen LogP contribution < -0.4 is 68.9 Å². The largest absolute Gasteiger partial charge is 0.467 e. The number of ether oxygens (including phenoxy) is 5. The maximum atomic E-state index is 12.3. The minimum atomic E-state index is -0.457. The molecule has 0 atom stereocenters. The van der Waals surface area contributed by atoms with E-state index < -0.39 is 17.9 Å². The Kier molecular flexibility index (Phi) is 37.5. The second-order valence-electron chi connectivity index (χ2n) is 30.9. The molecule has 125 heavy (non-hydrogen) atoms. The molecule has 12 aromatic rings. The topological polar surface area (TPSA) is 265 Å². The van der Waals surface area contributed by atoms with Crippen molar-refractivity contribution in [3.63, 3.8) is 0 Å². The van der Waals surface area contributed by atoms with E-state index in [1.165, 1.54) is 18.8 Å². The Bertz CT molecular complexity index is 4920. The van der Waals surface area contributed by atoms with Gasteiger partial charge in [-0.3, -0.25) is 4.79 Å². The Morgan fingerprint density at radius 1 is 0.296 bits per heavy atom. The average molecular weight is 1730 g/mol. The van der Waals surface area contributed by atoms with Gasteiger partial charge in [-0.15, -0.1) is 11.3 Å². The molecule has 6 aromatic heterocycles. The lowest BCUT2D eigenvalue weighted by molar-refractivity contribution is 0.0428. The normalized spacial score (nSPS) is 10.3. The van der Waals surface area contributed by atoms with Crippen molar-refractivity contribution >= 4 is 115 Å². The van der Waals surface area contributed by atoms with Gasteiger partial charge in [0.2, 0.25) is 11.5 Å². The summed E-state index contributed by atoms with van der Waals surface area (Å²) >= 11 is 1.58. The maximum absolute atomic E-state index is 12.3. The average Bonchev–Trinajstić information content (AvgIpc) is 1.80. The predicted molar refractivity (Wildman–Crippen MR) is 501 cm³/mol. The first-order valence-corrected chi connectivity index (χ1v) is 40.5. The number of benzene rings is 6. The van der Waals surface area contributed by atoms with Crippen LogP contribution in [0.4, 0.5) is 68.2 Å². The molecule has 0 aliphatic heterocycles. The standard InChI is InChI=1S/C16H21N3O2.3C16H20N2O3.C16H20N2O2S.C15H18N2O3/c1-18(2)13-8-12(9-14(10-13)19(3)4)16(20)17-11-15-6-5-7-21-15;1-17(2)13-8-7-12(14(10-13)18(3)4)11-21-16(19)15-6-5-9-20-15;1-17(2)13-8-12(9-14(10-13)18(3)4)16(19)21-11-15-6-5-7-20-15;1-17(2)13-8-12(9-14(10-13)18(3)4)11-21-16(19)15-6-5-7-20-15;1-17(2)13-8-12(9-14(10-13)18(3)4)16(19)20-11-15-6-5-7-21-15;1-16(2)12-8-11(9-13(10-12)17(3)4)15(18)20-14-6-5-7-19-14/h5-10H,11H2,1-4H3,(H,17,20);4*5-10H,11H2,1-4H3;5-10H,1-4H3. The molecular formula is C95H119N13O16S. The Morgan fingerprint density at radius 2 is 0.648 bits per heavy atom. The molecule has 1 N–H and O–H groups in total. The van der Waals surface area contributed by atoms with Gasteiger partial charge in [0.25, 0.3) is 11.9 Å². The van der Waals surface area contributed by atoms with Gasteiger partial charge in [0.15, 0.2) is 0 Å². The Balaban J connectivity index is 0.000000206. The van der Waals surface area contributed by atoms with Crippen LogP contribution in [0.15, 0.2) is 241 Å². The molecular weight excluding hydrogens is 1610 g/mol. The fraction of sp³-hybridized carbons (Fsp3) is 0.305. The molecule has 6 heterocycles. The highest BCUT2D eigenvalue weighted by Crippen LogP contribution is 2.31. The van der Waals surface area contributed by atoms with Crippen LogP contribution in [0.5, 0.6) is 5.95 Å². The third-order valence-electron chi connectivity index (χ3n) is 18.5. The quantitative estimate of drug-likeness (QED) is 0.0337. The highest BCUT2D eigenvalue weighted by atomic mass is 32.1. The number of rotatable bonds is 29. The van der Waals surface area contributed by atoms with E-state index in [9.17, 15) is 28.8 Å². The molecule has 0 spiro atoms.